The monoisotopic (exact) mass is 242 g/mol. The second-order valence-corrected chi connectivity index (χ2v) is 3.59. The molecular formula is C11H9F3N2O. The van der Waals surface area contributed by atoms with Crippen molar-refractivity contribution in [1.29, 1.82) is 0 Å². The highest BCUT2D eigenvalue weighted by Crippen LogP contribution is 2.32. The van der Waals surface area contributed by atoms with Crippen LogP contribution in [0.1, 0.15) is 17.6 Å². The van der Waals surface area contributed by atoms with Crippen LogP contribution in [0.2, 0.25) is 0 Å². The highest BCUT2D eigenvalue weighted by Gasteiger charge is 2.19. The third-order valence-electron chi connectivity index (χ3n) is 2.46. The van der Waals surface area contributed by atoms with Gasteiger partial charge in [0, 0.05) is 0 Å². The Morgan fingerprint density at radius 2 is 2.06 bits per heavy atom. The molecule has 1 aromatic carbocycles. The molecule has 0 aliphatic carbocycles. The van der Waals surface area contributed by atoms with E-state index in [0.29, 0.717) is 11.1 Å². The Hall–Kier alpha value is -1.98. The summed E-state index contributed by atoms with van der Waals surface area (Å²) in [6, 6.07) is 2.42. The van der Waals surface area contributed by atoms with E-state index in [-0.39, 0.29) is 11.4 Å². The van der Waals surface area contributed by atoms with Crippen molar-refractivity contribution in [2.45, 2.75) is 13.3 Å². The van der Waals surface area contributed by atoms with Gasteiger partial charge in [-0.1, -0.05) is 11.2 Å². The number of rotatable bonds is 2. The van der Waals surface area contributed by atoms with Gasteiger partial charge in [0.25, 0.3) is 6.43 Å². The average molecular weight is 242 g/mol. The summed E-state index contributed by atoms with van der Waals surface area (Å²) in [5.41, 5.74) is 5.79. The number of nitrogens with zero attached hydrogens (tertiary/aromatic N) is 1. The van der Waals surface area contributed by atoms with Gasteiger partial charge in [-0.2, -0.15) is 0 Å². The number of benzene rings is 1. The zero-order valence-electron chi connectivity index (χ0n) is 8.88. The molecule has 2 N–H and O–H groups in total. The average Bonchev–Trinajstić information content (AvgIpc) is 2.62. The molecule has 0 saturated carbocycles. The second kappa shape index (κ2) is 4.12. The van der Waals surface area contributed by atoms with Gasteiger partial charge < -0.3 is 10.3 Å². The molecule has 0 fully saturated rings. The lowest BCUT2D eigenvalue weighted by Crippen LogP contribution is -1.96. The third kappa shape index (κ3) is 1.98. The quantitative estimate of drug-likeness (QED) is 0.878. The lowest BCUT2D eigenvalue weighted by molar-refractivity contribution is 0.145. The van der Waals surface area contributed by atoms with Crippen LogP contribution in [0.3, 0.4) is 0 Å². The van der Waals surface area contributed by atoms with E-state index in [1.54, 1.807) is 0 Å². The molecule has 2 aromatic rings. The number of hydrogen-bond donors (Lipinski definition) is 1. The molecule has 3 nitrogen and oxygen atoms in total. The molecule has 0 aliphatic heterocycles. The van der Waals surface area contributed by atoms with Crippen molar-refractivity contribution in [2.24, 2.45) is 0 Å². The maximum Gasteiger partial charge on any atom is 0.266 e. The van der Waals surface area contributed by atoms with E-state index in [4.69, 9.17) is 5.73 Å². The molecule has 0 bridgehead atoms. The van der Waals surface area contributed by atoms with Crippen molar-refractivity contribution in [3.05, 3.63) is 35.3 Å². The largest absolute Gasteiger partial charge is 0.367 e. The van der Waals surface area contributed by atoms with E-state index in [9.17, 15) is 13.2 Å². The number of aromatic nitrogens is 1. The zero-order valence-corrected chi connectivity index (χ0v) is 8.88. The molecule has 0 spiro atoms. The van der Waals surface area contributed by atoms with E-state index in [1.165, 1.54) is 19.2 Å². The summed E-state index contributed by atoms with van der Waals surface area (Å²) in [6.07, 6.45) is -1.53. The minimum absolute atomic E-state index is 0.0218. The Bertz CT molecular complexity index is 528. The lowest BCUT2D eigenvalue weighted by Gasteiger charge is -2.08. The van der Waals surface area contributed by atoms with Crippen molar-refractivity contribution in [1.82, 2.24) is 5.16 Å². The van der Waals surface area contributed by atoms with E-state index >= 15 is 0 Å². The summed E-state index contributed by atoms with van der Waals surface area (Å²) < 4.78 is 43.2. The van der Waals surface area contributed by atoms with Crippen LogP contribution in [0.5, 0.6) is 0 Å². The summed E-state index contributed by atoms with van der Waals surface area (Å²) in [5, 5.41) is 3.44. The highest BCUT2D eigenvalue weighted by molar-refractivity contribution is 5.72. The molecule has 1 aromatic heterocycles. The summed E-state index contributed by atoms with van der Waals surface area (Å²) in [6.45, 7) is 1.41. The fourth-order valence-corrected chi connectivity index (χ4v) is 1.65. The molecule has 17 heavy (non-hydrogen) atoms. The maximum absolute atomic E-state index is 13.5. The molecule has 0 aliphatic rings. The predicted molar refractivity (Wildman–Crippen MR) is 56.0 cm³/mol. The van der Waals surface area contributed by atoms with Gasteiger partial charge in [0.05, 0.1) is 17.3 Å². The number of alkyl halides is 2. The molecule has 0 unspecified atom stereocenters. The van der Waals surface area contributed by atoms with E-state index in [1.807, 2.05) is 0 Å². The van der Waals surface area contributed by atoms with E-state index < -0.39 is 17.8 Å². The van der Waals surface area contributed by atoms with E-state index in [0.717, 1.165) is 6.07 Å². The SMILES string of the molecule is Cc1cc(-c2cnoc2N)cc(F)c1C(F)F. The van der Waals surface area contributed by atoms with Crippen LogP contribution in [0, 0.1) is 12.7 Å². The fourth-order valence-electron chi connectivity index (χ4n) is 1.65. The number of hydrogen-bond acceptors (Lipinski definition) is 3. The molecule has 0 saturated heterocycles. The Morgan fingerprint density at radius 1 is 1.35 bits per heavy atom. The molecule has 0 radical (unpaired) electrons. The van der Waals surface area contributed by atoms with Crippen molar-refractivity contribution < 1.29 is 17.7 Å². The van der Waals surface area contributed by atoms with Crippen LogP contribution in [0.25, 0.3) is 11.1 Å². The summed E-state index contributed by atoms with van der Waals surface area (Å²) in [4.78, 5) is 0. The Kier molecular flexibility index (Phi) is 2.79. The van der Waals surface area contributed by atoms with Crippen LogP contribution in [0.15, 0.2) is 22.9 Å². The molecular weight excluding hydrogens is 233 g/mol. The first kappa shape index (κ1) is 11.5. The minimum Gasteiger partial charge on any atom is -0.367 e. The van der Waals surface area contributed by atoms with Crippen molar-refractivity contribution in [2.75, 3.05) is 5.73 Å². The fraction of sp³-hybridized carbons (Fsp3) is 0.182. The molecule has 2 rings (SSSR count). The summed E-state index contributed by atoms with van der Waals surface area (Å²) in [7, 11) is 0. The van der Waals surface area contributed by atoms with Crippen molar-refractivity contribution in [3.63, 3.8) is 0 Å². The van der Waals surface area contributed by atoms with Crippen LogP contribution in [-0.2, 0) is 0 Å². The summed E-state index contributed by atoms with van der Waals surface area (Å²) in [5.74, 6) is -0.941. The normalized spacial score (nSPS) is 11.1. The third-order valence-corrected chi connectivity index (χ3v) is 2.46. The van der Waals surface area contributed by atoms with Gasteiger partial charge >= 0.3 is 0 Å². The van der Waals surface area contributed by atoms with Crippen LogP contribution in [-0.4, -0.2) is 5.16 Å². The number of nitrogens with two attached hydrogens (primary N) is 1. The van der Waals surface area contributed by atoms with Gasteiger partial charge in [-0.05, 0) is 24.1 Å². The van der Waals surface area contributed by atoms with E-state index in [2.05, 4.69) is 9.68 Å². The Morgan fingerprint density at radius 3 is 2.53 bits per heavy atom. The Labute approximate surface area is 95.0 Å². The molecule has 90 valence electrons. The molecule has 1 heterocycles. The molecule has 0 atom stereocenters. The standard InChI is InChI=1S/C11H9F3N2O/c1-5-2-6(7-4-16-17-11(7)15)3-8(12)9(5)10(13)14/h2-4,10H,15H2,1H3. The second-order valence-electron chi connectivity index (χ2n) is 3.59. The molecule has 0 amide bonds. The van der Waals surface area contributed by atoms with Gasteiger partial charge in [0.15, 0.2) is 0 Å². The Balaban J connectivity index is 2.57. The van der Waals surface area contributed by atoms with Gasteiger partial charge in [-0.15, -0.1) is 0 Å². The van der Waals surface area contributed by atoms with Gasteiger partial charge in [-0.25, -0.2) is 13.2 Å². The number of nitrogen functional groups attached to an aromatic ring is 1. The maximum atomic E-state index is 13.5. The van der Waals surface area contributed by atoms with Gasteiger partial charge in [0.2, 0.25) is 5.88 Å². The van der Waals surface area contributed by atoms with Crippen LogP contribution >= 0.6 is 0 Å². The molecule has 6 heteroatoms. The predicted octanol–water partition coefficient (Wildman–Crippen LogP) is 3.31. The first-order valence-electron chi connectivity index (χ1n) is 4.79. The lowest BCUT2D eigenvalue weighted by atomic mass is 10.0. The summed E-state index contributed by atoms with van der Waals surface area (Å²) >= 11 is 0. The smallest absolute Gasteiger partial charge is 0.266 e. The highest BCUT2D eigenvalue weighted by atomic mass is 19.3. The van der Waals surface area contributed by atoms with Gasteiger partial charge in [0.1, 0.15) is 5.82 Å². The zero-order chi connectivity index (χ0) is 12.6. The number of halogens is 3. The first-order valence-corrected chi connectivity index (χ1v) is 4.79. The van der Waals surface area contributed by atoms with Crippen molar-refractivity contribution >= 4 is 5.88 Å². The minimum atomic E-state index is -2.84. The first-order chi connectivity index (χ1) is 8.00. The number of aryl methyl sites for hydroxylation is 1. The van der Waals surface area contributed by atoms with Crippen LogP contribution in [0.4, 0.5) is 19.1 Å². The van der Waals surface area contributed by atoms with Crippen molar-refractivity contribution in [3.8, 4) is 11.1 Å². The number of anilines is 1. The topological polar surface area (TPSA) is 52.0 Å². The van der Waals surface area contributed by atoms with Crippen LogP contribution < -0.4 is 5.73 Å². The van der Waals surface area contributed by atoms with Gasteiger partial charge in [-0.3, -0.25) is 0 Å².